The van der Waals surface area contributed by atoms with E-state index in [2.05, 4.69) is 12.0 Å². The number of nitrogens with one attached hydrogen (secondary N) is 1. The van der Waals surface area contributed by atoms with Crippen LogP contribution in [0, 0.1) is 6.92 Å². The minimum atomic E-state index is -0.523. The van der Waals surface area contributed by atoms with Crippen molar-refractivity contribution in [3.63, 3.8) is 0 Å². The largest absolute Gasteiger partial charge is 0.269 e. The van der Waals surface area contributed by atoms with Gasteiger partial charge in [-0.15, -0.1) is 0 Å². The second-order valence-corrected chi connectivity index (χ2v) is 5.36. The van der Waals surface area contributed by atoms with Gasteiger partial charge in [0.2, 0.25) is 0 Å². The minimum Gasteiger partial charge on any atom is -0.268 e. The van der Waals surface area contributed by atoms with Gasteiger partial charge in [-0.2, -0.15) is 0 Å². The Morgan fingerprint density at radius 1 is 1.32 bits per heavy atom. The van der Waals surface area contributed by atoms with E-state index in [1.54, 1.807) is 18.2 Å². The first-order chi connectivity index (χ1) is 8.75. The van der Waals surface area contributed by atoms with Crippen LogP contribution in [0.2, 0.25) is 0 Å². The smallest absolute Gasteiger partial charge is 0.268 e. The summed E-state index contributed by atoms with van der Waals surface area (Å²) in [5.74, 6) is -0.651. The van der Waals surface area contributed by atoms with Gasteiger partial charge in [0.1, 0.15) is 0 Å². The first-order valence-corrected chi connectivity index (χ1v) is 6.10. The van der Waals surface area contributed by atoms with Crippen molar-refractivity contribution in [2.24, 2.45) is 0 Å². The molecule has 1 N–H and O–H groups in total. The summed E-state index contributed by atoms with van der Waals surface area (Å²) < 4.78 is 0. The Labute approximate surface area is 114 Å². The second kappa shape index (κ2) is 5.69. The van der Waals surface area contributed by atoms with Gasteiger partial charge in [-0.1, -0.05) is 24.3 Å². The molecule has 0 atom stereocenters. The van der Waals surface area contributed by atoms with Gasteiger partial charge in [0.05, 0.1) is 5.54 Å². The summed E-state index contributed by atoms with van der Waals surface area (Å²) in [6.07, 6.45) is 1.18. The lowest BCUT2D eigenvalue weighted by Crippen LogP contribution is -2.55. The number of hydrazine groups is 1. The molecule has 0 radical (unpaired) electrons. The minimum absolute atomic E-state index is 0.311. The molecule has 0 spiro atoms. The molecule has 0 aliphatic rings. The summed E-state index contributed by atoms with van der Waals surface area (Å²) in [5, 5.41) is 1.28. The van der Waals surface area contributed by atoms with Gasteiger partial charge in [-0.25, -0.2) is 5.01 Å². The Morgan fingerprint density at radius 2 is 1.95 bits per heavy atom. The molecule has 0 saturated carbocycles. The summed E-state index contributed by atoms with van der Waals surface area (Å²) in [6, 6.07) is 7.20. The predicted molar refractivity (Wildman–Crippen MR) is 75.4 cm³/mol. The molecule has 4 heteroatoms. The van der Waals surface area contributed by atoms with Crippen molar-refractivity contribution in [2.75, 3.05) is 0 Å². The van der Waals surface area contributed by atoms with E-state index >= 15 is 0 Å². The highest BCUT2D eigenvalue weighted by Crippen LogP contribution is 2.12. The molecule has 102 valence electrons. The van der Waals surface area contributed by atoms with Crippen molar-refractivity contribution in [1.29, 1.82) is 0 Å². The summed E-state index contributed by atoms with van der Waals surface area (Å²) in [4.78, 5) is 23.9. The van der Waals surface area contributed by atoms with Gasteiger partial charge in [0.25, 0.3) is 11.8 Å². The number of hydrogen-bond donors (Lipinski definition) is 1. The monoisotopic (exact) mass is 260 g/mol. The molecule has 1 aromatic carbocycles. The van der Waals surface area contributed by atoms with E-state index in [0.717, 1.165) is 5.56 Å². The standard InChI is InChI=1S/C15H20N2O2/c1-6-13(18)17(15(3,4)5)16-14(19)12-9-7-8-11(2)10-12/h6-10H,1H2,2-5H3,(H,16,19). The number of carbonyl (C=O) groups excluding carboxylic acids is 2. The van der Waals surface area contributed by atoms with Gasteiger partial charge in [-0.05, 0) is 45.9 Å². The zero-order valence-corrected chi connectivity index (χ0v) is 11.9. The van der Waals surface area contributed by atoms with Crippen LogP contribution in [0.3, 0.4) is 0 Å². The third-order valence-corrected chi connectivity index (χ3v) is 2.56. The van der Waals surface area contributed by atoms with Gasteiger partial charge in [0.15, 0.2) is 0 Å². The molecule has 0 aromatic heterocycles. The molecule has 1 rings (SSSR count). The van der Waals surface area contributed by atoms with Crippen LogP contribution in [-0.4, -0.2) is 22.4 Å². The lowest BCUT2D eigenvalue weighted by molar-refractivity contribution is -0.133. The number of carbonyl (C=O) groups is 2. The normalized spacial score (nSPS) is 10.7. The average molecular weight is 260 g/mol. The Morgan fingerprint density at radius 3 is 2.42 bits per heavy atom. The van der Waals surface area contributed by atoms with Gasteiger partial charge < -0.3 is 0 Å². The van der Waals surface area contributed by atoms with Crippen LogP contribution in [0.4, 0.5) is 0 Å². The molecule has 0 saturated heterocycles. The van der Waals surface area contributed by atoms with Crippen molar-refractivity contribution in [3.05, 3.63) is 48.0 Å². The number of aryl methyl sites for hydroxylation is 1. The third-order valence-electron chi connectivity index (χ3n) is 2.56. The summed E-state index contributed by atoms with van der Waals surface area (Å²) in [5.41, 5.74) is 3.61. The fourth-order valence-electron chi connectivity index (χ4n) is 1.60. The van der Waals surface area contributed by atoms with E-state index in [1.165, 1.54) is 11.1 Å². The molecular formula is C15H20N2O2. The van der Waals surface area contributed by atoms with Gasteiger partial charge >= 0.3 is 0 Å². The molecule has 1 aromatic rings. The molecule has 0 aliphatic carbocycles. The van der Waals surface area contributed by atoms with Crippen molar-refractivity contribution in [2.45, 2.75) is 33.2 Å². The zero-order chi connectivity index (χ0) is 14.6. The average Bonchev–Trinajstić information content (AvgIpc) is 2.33. The maximum Gasteiger partial charge on any atom is 0.269 e. The number of benzene rings is 1. The SMILES string of the molecule is C=CC(=O)N(NC(=O)c1cccc(C)c1)C(C)(C)C. The van der Waals surface area contributed by atoms with Gasteiger partial charge in [0, 0.05) is 5.56 Å². The number of rotatable bonds is 2. The van der Waals surface area contributed by atoms with Crippen LogP contribution < -0.4 is 5.43 Å². The lowest BCUT2D eigenvalue weighted by atomic mass is 10.1. The maximum atomic E-state index is 12.1. The summed E-state index contributed by atoms with van der Waals surface area (Å²) >= 11 is 0. The topological polar surface area (TPSA) is 49.4 Å². The third kappa shape index (κ3) is 3.95. The highest BCUT2D eigenvalue weighted by molar-refractivity contribution is 5.97. The quantitative estimate of drug-likeness (QED) is 0.656. The second-order valence-electron chi connectivity index (χ2n) is 5.36. The Hall–Kier alpha value is -2.10. The van der Waals surface area contributed by atoms with Crippen molar-refractivity contribution in [1.82, 2.24) is 10.4 Å². The molecule has 0 aliphatic heterocycles. The maximum absolute atomic E-state index is 12.1. The van der Waals surface area contributed by atoms with Crippen molar-refractivity contribution >= 4 is 11.8 Å². The highest BCUT2D eigenvalue weighted by Gasteiger charge is 2.26. The van der Waals surface area contributed by atoms with E-state index in [-0.39, 0.29) is 11.8 Å². The van der Waals surface area contributed by atoms with Crippen LogP contribution in [-0.2, 0) is 4.79 Å². The summed E-state index contributed by atoms with van der Waals surface area (Å²) in [6.45, 7) is 10.9. The van der Waals surface area contributed by atoms with Crippen LogP contribution in [0.5, 0.6) is 0 Å². The van der Waals surface area contributed by atoms with Crippen molar-refractivity contribution in [3.8, 4) is 0 Å². The Balaban J connectivity index is 2.94. The zero-order valence-electron chi connectivity index (χ0n) is 11.9. The van der Waals surface area contributed by atoms with Crippen LogP contribution in [0.25, 0.3) is 0 Å². The molecule has 0 heterocycles. The van der Waals surface area contributed by atoms with E-state index in [0.29, 0.717) is 5.56 Å². The number of amides is 2. The fourth-order valence-corrected chi connectivity index (χ4v) is 1.60. The molecule has 2 amide bonds. The van der Waals surface area contributed by atoms with Crippen molar-refractivity contribution < 1.29 is 9.59 Å². The molecule has 0 unspecified atom stereocenters. The number of nitrogens with zero attached hydrogens (tertiary/aromatic N) is 1. The lowest BCUT2D eigenvalue weighted by Gasteiger charge is -2.34. The number of hydrogen-bond acceptors (Lipinski definition) is 2. The highest BCUT2D eigenvalue weighted by atomic mass is 16.2. The molecular weight excluding hydrogens is 240 g/mol. The Kier molecular flexibility index (Phi) is 4.48. The predicted octanol–water partition coefficient (Wildman–Crippen LogP) is 2.45. The van der Waals surface area contributed by atoms with E-state index < -0.39 is 5.54 Å². The van der Waals surface area contributed by atoms with Crippen LogP contribution >= 0.6 is 0 Å². The fraction of sp³-hybridized carbons (Fsp3) is 0.333. The molecule has 19 heavy (non-hydrogen) atoms. The van der Waals surface area contributed by atoms with E-state index in [9.17, 15) is 9.59 Å². The van der Waals surface area contributed by atoms with Gasteiger partial charge in [-0.3, -0.25) is 15.0 Å². The summed E-state index contributed by atoms with van der Waals surface area (Å²) in [7, 11) is 0. The molecule has 0 bridgehead atoms. The first kappa shape index (κ1) is 15.0. The molecule has 4 nitrogen and oxygen atoms in total. The van der Waals surface area contributed by atoms with Crippen LogP contribution in [0.15, 0.2) is 36.9 Å². The van der Waals surface area contributed by atoms with Crippen LogP contribution in [0.1, 0.15) is 36.7 Å². The Bertz CT molecular complexity index is 501. The van der Waals surface area contributed by atoms with E-state index in [1.807, 2.05) is 33.8 Å². The molecule has 0 fully saturated rings. The first-order valence-electron chi connectivity index (χ1n) is 6.10. The van der Waals surface area contributed by atoms with E-state index in [4.69, 9.17) is 0 Å².